The molecule has 3 nitrogen and oxygen atoms in total. The zero-order valence-electron chi connectivity index (χ0n) is 28.8. The van der Waals surface area contributed by atoms with Crippen molar-refractivity contribution < 1.29 is 0 Å². The second-order valence-corrected chi connectivity index (χ2v) is 15.2. The number of fused-ring (bicyclic) bond motifs is 6. The summed E-state index contributed by atoms with van der Waals surface area (Å²) in [5.41, 5.74) is 14.5. The summed E-state index contributed by atoms with van der Waals surface area (Å²) >= 11 is 1.85. The zero-order valence-corrected chi connectivity index (χ0v) is 29.7. The molecule has 0 saturated heterocycles. The van der Waals surface area contributed by atoms with Gasteiger partial charge in [-0.25, -0.2) is 9.97 Å². The highest BCUT2D eigenvalue weighted by Gasteiger charge is 2.35. The van der Waals surface area contributed by atoms with Crippen LogP contribution in [-0.4, -0.2) is 15.0 Å². The van der Waals surface area contributed by atoms with Crippen LogP contribution in [0.15, 0.2) is 164 Å². The summed E-state index contributed by atoms with van der Waals surface area (Å²) in [5.74, 6) is 0.689. The van der Waals surface area contributed by atoms with E-state index in [1.165, 1.54) is 53.6 Å². The molecule has 0 amide bonds. The van der Waals surface area contributed by atoms with Gasteiger partial charge in [0.1, 0.15) is 0 Å². The number of rotatable bonds is 5. The zero-order chi connectivity index (χ0) is 34.8. The number of pyridine rings is 1. The number of thiophene rings is 1. The van der Waals surface area contributed by atoms with Crippen LogP contribution in [-0.2, 0) is 5.41 Å². The van der Waals surface area contributed by atoms with Crippen LogP contribution in [0, 0.1) is 0 Å². The second kappa shape index (κ2) is 11.9. The maximum atomic E-state index is 5.29. The summed E-state index contributed by atoms with van der Waals surface area (Å²) < 4.78 is 2.63. The van der Waals surface area contributed by atoms with E-state index in [4.69, 9.17) is 9.97 Å². The monoisotopic (exact) mass is 683 g/mol. The van der Waals surface area contributed by atoms with Gasteiger partial charge in [-0.1, -0.05) is 129 Å². The van der Waals surface area contributed by atoms with E-state index in [0.717, 1.165) is 39.2 Å². The van der Waals surface area contributed by atoms with Gasteiger partial charge in [0.05, 0.1) is 11.4 Å². The quantitative estimate of drug-likeness (QED) is 0.181. The molecule has 10 rings (SSSR count). The molecule has 3 aromatic heterocycles. The molecule has 4 heteroatoms. The SMILES string of the molecule is CC1(C)c2ccccc2-c2ccc(-c3cc(-c4ccc(-c5ccc6sc7ccccc7c6c5)cc4)nc(-c4ccccc4-c4cccnc4)n3)cc21. The summed E-state index contributed by atoms with van der Waals surface area (Å²) in [5, 5.41) is 2.62. The van der Waals surface area contributed by atoms with Crippen molar-refractivity contribution in [1.29, 1.82) is 0 Å². The lowest BCUT2D eigenvalue weighted by molar-refractivity contribution is 0.660. The Morgan fingerprint density at radius 2 is 1.10 bits per heavy atom. The summed E-state index contributed by atoms with van der Waals surface area (Å²) in [6.45, 7) is 4.64. The van der Waals surface area contributed by atoms with Crippen LogP contribution in [0.4, 0.5) is 0 Å². The average Bonchev–Trinajstić information content (AvgIpc) is 3.69. The first-order chi connectivity index (χ1) is 25.5. The molecule has 0 N–H and O–H groups in total. The van der Waals surface area contributed by atoms with Crippen molar-refractivity contribution in [3.8, 4) is 67.3 Å². The first-order valence-corrected chi connectivity index (χ1v) is 18.5. The van der Waals surface area contributed by atoms with Crippen LogP contribution in [0.5, 0.6) is 0 Å². The van der Waals surface area contributed by atoms with Gasteiger partial charge in [-0.15, -0.1) is 11.3 Å². The first kappa shape index (κ1) is 30.6. The highest BCUT2D eigenvalue weighted by Crippen LogP contribution is 2.49. The van der Waals surface area contributed by atoms with Crippen LogP contribution in [0.2, 0.25) is 0 Å². The summed E-state index contributed by atoms with van der Waals surface area (Å²) in [6.07, 6.45) is 3.71. The van der Waals surface area contributed by atoms with Crippen molar-refractivity contribution in [1.82, 2.24) is 15.0 Å². The molecule has 3 heterocycles. The van der Waals surface area contributed by atoms with Crippen LogP contribution >= 0.6 is 11.3 Å². The average molecular weight is 684 g/mol. The maximum Gasteiger partial charge on any atom is 0.161 e. The van der Waals surface area contributed by atoms with Crippen LogP contribution < -0.4 is 0 Å². The van der Waals surface area contributed by atoms with Crippen molar-refractivity contribution in [3.05, 3.63) is 175 Å². The van der Waals surface area contributed by atoms with E-state index in [9.17, 15) is 0 Å². The molecule has 0 unspecified atom stereocenters. The second-order valence-electron chi connectivity index (χ2n) is 14.1. The van der Waals surface area contributed by atoms with Gasteiger partial charge in [0.15, 0.2) is 5.82 Å². The van der Waals surface area contributed by atoms with Gasteiger partial charge in [-0.05, 0) is 75.3 Å². The number of nitrogens with zero attached hydrogens (tertiary/aromatic N) is 3. The van der Waals surface area contributed by atoms with Gasteiger partial charge in [0.2, 0.25) is 0 Å². The van der Waals surface area contributed by atoms with Crippen LogP contribution in [0.1, 0.15) is 25.0 Å². The largest absolute Gasteiger partial charge is 0.264 e. The van der Waals surface area contributed by atoms with Gasteiger partial charge in [0.25, 0.3) is 0 Å². The van der Waals surface area contributed by atoms with E-state index in [-0.39, 0.29) is 5.41 Å². The molecule has 0 aliphatic heterocycles. The van der Waals surface area contributed by atoms with Crippen molar-refractivity contribution in [3.63, 3.8) is 0 Å². The smallest absolute Gasteiger partial charge is 0.161 e. The molecule has 0 spiro atoms. The molecule has 1 aliphatic rings. The minimum absolute atomic E-state index is 0.109. The molecule has 9 aromatic rings. The maximum absolute atomic E-state index is 5.29. The normalized spacial score (nSPS) is 13.0. The number of hydrogen-bond donors (Lipinski definition) is 0. The first-order valence-electron chi connectivity index (χ1n) is 17.7. The van der Waals surface area contributed by atoms with Crippen molar-refractivity contribution >= 4 is 31.5 Å². The number of benzene rings is 6. The summed E-state index contributed by atoms with van der Waals surface area (Å²) in [4.78, 5) is 15.0. The predicted molar refractivity (Wildman–Crippen MR) is 217 cm³/mol. The molecule has 0 fully saturated rings. The van der Waals surface area contributed by atoms with Crippen molar-refractivity contribution in [2.45, 2.75) is 19.3 Å². The Balaban J connectivity index is 1.11. The van der Waals surface area contributed by atoms with Crippen LogP contribution in [0.25, 0.3) is 87.5 Å². The molecule has 6 aromatic carbocycles. The molecule has 0 atom stereocenters. The van der Waals surface area contributed by atoms with Gasteiger partial charge >= 0.3 is 0 Å². The molecule has 246 valence electrons. The van der Waals surface area contributed by atoms with E-state index in [2.05, 4.69) is 164 Å². The van der Waals surface area contributed by atoms with Crippen molar-refractivity contribution in [2.24, 2.45) is 0 Å². The predicted octanol–water partition coefficient (Wildman–Crippen LogP) is 12.9. The fourth-order valence-electron chi connectivity index (χ4n) is 7.92. The number of aromatic nitrogens is 3. The minimum atomic E-state index is -0.109. The van der Waals surface area contributed by atoms with E-state index in [1.807, 2.05) is 23.6 Å². The van der Waals surface area contributed by atoms with Crippen molar-refractivity contribution in [2.75, 3.05) is 0 Å². The Kier molecular flexibility index (Phi) is 7.02. The summed E-state index contributed by atoms with van der Waals surface area (Å²) in [6, 6.07) is 54.4. The highest BCUT2D eigenvalue weighted by atomic mass is 32.1. The molecule has 0 radical (unpaired) electrons. The number of hydrogen-bond acceptors (Lipinski definition) is 4. The molecule has 52 heavy (non-hydrogen) atoms. The lowest BCUT2D eigenvalue weighted by Crippen LogP contribution is -2.14. The molecule has 0 bridgehead atoms. The Morgan fingerprint density at radius 1 is 0.442 bits per heavy atom. The van der Waals surface area contributed by atoms with Gasteiger partial charge in [-0.3, -0.25) is 4.98 Å². The third-order valence-electron chi connectivity index (χ3n) is 10.6. The van der Waals surface area contributed by atoms with E-state index in [0.29, 0.717) is 5.82 Å². The minimum Gasteiger partial charge on any atom is -0.264 e. The van der Waals surface area contributed by atoms with Crippen LogP contribution in [0.3, 0.4) is 0 Å². The fourth-order valence-corrected chi connectivity index (χ4v) is 9.00. The Hall–Kier alpha value is -6.23. The Bertz CT molecular complexity index is 2810. The van der Waals surface area contributed by atoms with E-state index < -0.39 is 0 Å². The Labute approximate surface area is 307 Å². The fraction of sp³-hybridized carbons (Fsp3) is 0.0625. The van der Waals surface area contributed by atoms with Gasteiger partial charge in [-0.2, -0.15) is 0 Å². The lowest BCUT2D eigenvalue weighted by Gasteiger charge is -2.22. The summed E-state index contributed by atoms with van der Waals surface area (Å²) in [7, 11) is 0. The highest BCUT2D eigenvalue weighted by molar-refractivity contribution is 7.25. The van der Waals surface area contributed by atoms with Gasteiger partial charge < -0.3 is 0 Å². The Morgan fingerprint density at radius 3 is 1.92 bits per heavy atom. The third kappa shape index (κ3) is 4.98. The lowest BCUT2D eigenvalue weighted by atomic mass is 9.82. The standard InChI is InChI=1S/C48H33N3S/c1-48(2)41-15-7-5-12-36(41)37-23-21-33(27-42(37)48)44-28-43(50-47(51-44)39-14-4-3-11-35(39)34-10-9-25-49-29-34)31-19-17-30(18-20-31)32-22-24-46-40(26-32)38-13-6-8-16-45(38)52-46/h3-29H,1-2H3. The topological polar surface area (TPSA) is 38.7 Å². The van der Waals surface area contributed by atoms with Gasteiger partial charge in [0, 0.05) is 60.2 Å². The van der Waals surface area contributed by atoms with E-state index >= 15 is 0 Å². The molecule has 1 aliphatic carbocycles. The third-order valence-corrected chi connectivity index (χ3v) is 11.8. The van der Waals surface area contributed by atoms with E-state index in [1.54, 1.807) is 6.20 Å². The molecular formula is C48H33N3S. The molecular weight excluding hydrogens is 651 g/mol. The molecule has 0 saturated carbocycles.